The van der Waals surface area contributed by atoms with Gasteiger partial charge in [-0.25, -0.2) is 4.39 Å². The van der Waals surface area contributed by atoms with Crippen molar-refractivity contribution in [3.05, 3.63) is 53.3 Å². The van der Waals surface area contributed by atoms with Gasteiger partial charge in [-0.15, -0.1) is 0 Å². The van der Waals surface area contributed by atoms with E-state index in [0.29, 0.717) is 12.3 Å². The molecule has 0 atom stereocenters. The molecular weight excluding hydrogens is 267 g/mol. The molecule has 0 bridgehead atoms. The average molecular weight is 286 g/mol. The van der Waals surface area contributed by atoms with Crippen LogP contribution in [0.15, 0.2) is 36.4 Å². The summed E-state index contributed by atoms with van der Waals surface area (Å²) in [4.78, 5) is 2.27. The Bertz CT molecular complexity index is 657. The van der Waals surface area contributed by atoms with Crippen molar-refractivity contribution in [3.8, 4) is 5.75 Å². The Hall–Kier alpha value is -2.23. The predicted octanol–water partition coefficient (Wildman–Crippen LogP) is 3.44. The van der Waals surface area contributed by atoms with E-state index in [4.69, 9.17) is 4.74 Å². The highest BCUT2D eigenvalue weighted by atomic mass is 19.1. The van der Waals surface area contributed by atoms with Crippen LogP contribution in [0.1, 0.15) is 11.1 Å². The van der Waals surface area contributed by atoms with Crippen LogP contribution in [0.25, 0.3) is 0 Å². The van der Waals surface area contributed by atoms with E-state index >= 15 is 0 Å². The average Bonchev–Trinajstić information content (AvgIpc) is 2.87. The first kappa shape index (κ1) is 13.7. The number of halogens is 1. The molecule has 1 aliphatic rings. The summed E-state index contributed by atoms with van der Waals surface area (Å²) in [6, 6.07) is 11.1. The number of nitrogens with one attached hydrogen (secondary N) is 1. The molecule has 0 aliphatic carbocycles. The van der Waals surface area contributed by atoms with Crippen molar-refractivity contribution in [2.45, 2.75) is 13.0 Å². The van der Waals surface area contributed by atoms with Gasteiger partial charge in [-0.3, -0.25) is 0 Å². The van der Waals surface area contributed by atoms with Crippen LogP contribution in [0.5, 0.6) is 5.75 Å². The van der Waals surface area contributed by atoms with Gasteiger partial charge in [0.25, 0.3) is 0 Å². The van der Waals surface area contributed by atoms with Crippen molar-refractivity contribution in [2.75, 3.05) is 30.9 Å². The van der Waals surface area contributed by atoms with Gasteiger partial charge in [-0.05, 0) is 35.7 Å². The van der Waals surface area contributed by atoms with Gasteiger partial charge in [0.2, 0.25) is 0 Å². The standard InChI is InChI=1S/C17H19FN2O/c1-20-8-7-13-9-12(3-6-16(13)20)11-19-15-5-4-14(18)10-17(15)21-2/h3-6,9-10,19H,7-8,11H2,1-2H3. The molecule has 110 valence electrons. The normalized spacial score (nSPS) is 13.2. The second kappa shape index (κ2) is 5.64. The minimum Gasteiger partial charge on any atom is -0.494 e. The second-order valence-corrected chi connectivity index (χ2v) is 5.33. The number of likely N-dealkylation sites (N-methyl/N-ethyl adjacent to an activating group) is 1. The van der Waals surface area contributed by atoms with Gasteiger partial charge < -0.3 is 15.0 Å². The molecule has 1 heterocycles. The zero-order valence-electron chi connectivity index (χ0n) is 12.3. The topological polar surface area (TPSA) is 24.5 Å². The molecule has 0 saturated heterocycles. The Kier molecular flexibility index (Phi) is 3.69. The number of nitrogens with zero attached hydrogens (tertiary/aromatic N) is 1. The molecule has 3 nitrogen and oxygen atoms in total. The quantitative estimate of drug-likeness (QED) is 0.932. The van der Waals surface area contributed by atoms with Crippen LogP contribution in [0.4, 0.5) is 15.8 Å². The summed E-state index contributed by atoms with van der Waals surface area (Å²) in [6.07, 6.45) is 1.10. The maximum Gasteiger partial charge on any atom is 0.144 e. The molecule has 0 spiro atoms. The van der Waals surface area contributed by atoms with Crippen LogP contribution in [-0.4, -0.2) is 20.7 Å². The Morgan fingerprint density at radius 3 is 2.90 bits per heavy atom. The molecule has 0 saturated carbocycles. The van der Waals surface area contributed by atoms with Crippen LogP contribution in [0.3, 0.4) is 0 Å². The van der Waals surface area contributed by atoms with Crippen molar-refractivity contribution in [1.29, 1.82) is 0 Å². The summed E-state index contributed by atoms with van der Waals surface area (Å²) in [5.41, 5.74) is 4.73. The highest BCUT2D eigenvalue weighted by molar-refractivity contribution is 5.60. The number of fused-ring (bicyclic) bond motifs is 1. The van der Waals surface area contributed by atoms with Crippen LogP contribution >= 0.6 is 0 Å². The lowest BCUT2D eigenvalue weighted by molar-refractivity contribution is 0.413. The molecule has 0 unspecified atom stereocenters. The largest absolute Gasteiger partial charge is 0.494 e. The van der Waals surface area contributed by atoms with E-state index in [0.717, 1.165) is 18.7 Å². The first-order valence-electron chi connectivity index (χ1n) is 7.08. The predicted molar refractivity (Wildman–Crippen MR) is 83.7 cm³/mol. The molecule has 4 heteroatoms. The van der Waals surface area contributed by atoms with E-state index in [2.05, 4.69) is 35.5 Å². The number of hydrogen-bond acceptors (Lipinski definition) is 3. The Labute approximate surface area is 124 Å². The third kappa shape index (κ3) is 2.79. The summed E-state index contributed by atoms with van der Waals surface area (Å²) in [5.74, 6) is 0.230. The van der Waals surface area contributed by atoms with Crippen molar-refractivity contribution in [2.24, 2.45) is 0 Å². The highest BCUT2D eigenvalue weighted by Crippen LogP contribution is 2.29. The number of anilines is 2. The fraction of sp³-hybridized carbons (Fsp3) is 0.294. The third-order valence-electron chi connectivity index (χ3n) is 3.92. The van der Waals surface area contributed by atoms with E-state index in [1.807, 2.05) is 0 Å². The lowest BCUT2D eigenvalue weighted by Crippen LogP contribution is -2.12. The number of hydrogen-bond donors (Lipinski definition) is 1. The number of rotatable bonds is 4. The van der Waals surface area contributed by atoms with Gasteiger partial charge in [-0.1, -0.05) is 12.1 Å². The molecule has 0 radical (unpaired) electrons. The molecule has 2 aromatic carbocycles. The zero-order valence-corrected chi connectivity index (χ0v) is 12.3. The first-order valence-corrected chi connectivity index (χ1v) is 7.08. The minimum atomic E-state index is -0.294. The van der Waals surface area contributed by atoms with E-state index in [1.54, 1.807) is 13.2 Å². The molecule has 1 N–H and O–H groups in total. The molecule has 0 fully saturated rings. The Balaban J connectivity index is 1.74. The van der Waals surface area contributed by atoms with E-state index in [1.165, 1.54) is 28.9 Å². The van der Waals surface area contributed by atoms with Gasteiger partial charge in [0.05, 0.1) is 12.8 Å². The monoisotopic (exact) mass is 286 g/mol. The van der Waals surface area contributed by atoms with Gasteiger partial charge in [0.1, 0.15) is 11.6 Å². The summed E-state index contributed by atoms with van der Waals surface area (Å²) in [5, 5.41) is 3.30. The van der Waals surface area contributed by atoms with Crippen molar-refractivity contribution < 1.29 is 9.13 Å². The number of methoxy groups -OCH3 is 1. The summed E-state index contributed by atoms with van der Waals surface area (Å²) in [6.45, 7) is 1.77. The summed E-state index contributed by atoms with van der Waals surface area (Å²) in [7, 11) is 3.66. The van der Waals surface area contributed by atoms with Crippen molar-refractivity contribution in [3.63, 3.8) is 0 Å². The van der Waals surface area contributed by atoms with E-state index in [-0.39, 0.29) is 5.82 Å². The second-order valence-electron chi connectivity index (χ2n) is 5.33. The number of ether oxygens (including phenoxy) is 1. The molecule has 0 aromatic heterocycles. The van der Waals surface area contributed by atoms with Crippen molar-refractivity contribution in [1.82, 2.24) is 0 Å². The molecule has 2 aromatic rings. The SMILES string of the molecule is COc1cc(F)ccc1NCc1ccc2c(c1)CCN2C. The van der Waals surface area contributed by atoms with Crippen LogP contribution in [-0.2, 0) is 13.0 Å². The minimum absolute atomic E-state index is 0.294. The van der Waals surface area contributed by atoms with Crippen LogP contribution < -0.4 is 15.0 Å². The van der Waals surface area contributed by atoms with Gasteiger partial charge in [0, 0.05) is 31.9 Å². The fourth-order valence-electron chi connectivity index (χ4n) is 2.74. The highest BCUT2D eigenvalue weighted by Gasteiger charge is 2.15. The van der Waals surface area contributed by atoms with Crippen molar-refractivity contribution >= 4 is 11.4 Å². The maximum absolute atomic E-state index is 13.2. The fourth-order valence-corrected chi connectivity index (χ4v) is 2.74. The molecule has 1 aliphatic heterocycles. The smallest absolute Gasteiger partial charge is 0.144 e. The summed E-state index contributed by atoms with van der Waals surface area (Å²) >= 11 is 0. The molecular formula is C17H19FN2O. The Morgan fingerprint density at radius 1 is 1.24 bits per heavy atom. The molecule has 21 heavy (non-hydrogen) atoms. The van der Waals surface area contributed by atoms with Gasteiger partial charge in [0.15, 0.2) is 0 Å². The zero-order chi connectivity index (χ0) is 14.8. The van der Waals surface area contributed by atoms with Gasteiger partial charge in [-0.2, -0.15) is 0 Å². The van der Waals surface area contributed by atoms with Gasteiger partial charge >= 0.3 is 0 Å². The molecule has 3 rings (SSSR count). The van der Waals surface area contributed by atoms with E-state index < -0.39 is 0 Å². The third-order valence-corrected chi connectivity index (χ3v) is 3.92. The first-order chi connectivity index (χ1) is 10.2. The maximum atomic E-state index is 13.2. The number of benzene rings is 2. The lowest BCUT2D eigenvalue weighted by atomic mass is 10.1. The molecule has 0 amide bonds. The summed E-state index contributed by atoms with van der Waals surface area (Å²) < 4.78 is 18.4. The lowest BCUT2D eigenvalue weighted by Gasteiger charge is -2.14. The van der Waals surface area contributed by atoms with Crippen LogP contribution in [0.2, 0.25) is 0 Å². The Morgan fingerprint density at radius 2 is 2.10 bits per heavy atom. The van der Waals surface area contributed by atoms with Crippen LogP contribution in [0, 0.1) is 5.82 Å². The van der Waals surface area contributed by atoms with E-state index in [9.17, 15) is 4.39 Å².